The van der Waals surface area contributed by atoms with Gasteiger partial charge in [-0.3, -0.25) is 0 Å². The predicted molar refractivity (Wildman–Crippen MR) is 59.0 cm³/mol. The molecule has 3 atom stereocenters. The zero-order valence-electron chi connectivity index (χ0n) is 7.87. The van der Waals surface area contributed by atoms with Crippen molar-refractivity contribution in [3.05, 3.63) is 33.8 Å². The van der Waals surface area contributed by atoms with E-state index in [0.29, 0.717) is 21.9 Å². The Bertz CT molecular complexity index is 349. The van der Waals surface area contributed by atoms with Gasteiger partial charge >= 0.3 is 0 Å². The van der Waals surface area contributed by atoms with Crippen LogP contribution in [0.4, 0.5) is 0 Å². The lowest BCUT2D eigenvalue weighted by Crippen LogP contribution is -2.03. The van der Waals surface area contributed by atoms with Crippen molar-refractivity contribution in [2.24, 2.45) is 5.92 Å². The van der Waals surface area contributed by atoms with Crippen molar-refractivity contribution in [3.63, 3.8) is 0 Å². The quantitative estimate of drug-likeness (QED) is 0.826. The van der Waals surface area contributed by atoms with Crippen molar-refractivity contribution in [1.82, 2.24) is 0 Å². The molecule has 0 amide bonds. The third kappa shape index (κ3) is 1.90. The number of benzene rings is 1. The van der Waals surface area contributed by atoms with Crippen molar-refractivity contribution in [2.45, 2.75) is 25.4 Å². The summed E-state index contributed by atoms with van der Waals surface area (Å²) in [6.07, 6.45) is 0.824. The molecule has 76 valence electrons. The Morgan fingerprint density at radius 3 is 2.57 bits per heavy atom. The molecule has 1 N–H and O–H groups in total. The van der Waals surface area contributed by atoms with Crippen LogP contribution in [-0.4, -0.2) is 11.2 Å². The zero-order chi connectivity index (χ0) is 10.3. The van der Waals surface area contributed by atoms with Crippen LogP contribution in [0.5, 0.6) is 0 Å². The predicted octanol–water partition coefficient (Wildman–Crippen LogP) is 3.48. The molecule has 0 spiro atoms. The van der Waals surface area contributed by atoms with Gasteiger partial charge in [-0.1, -0.05) is 29.3 Å². The molecular formula is C11H12Cl2O. The van der Waals surface area contributed by atoms with E-state index in [4.69, 9.17) is 23.2 Å². The molecule has 0 saturated heterocycles. The van der Waals surface area contributed by atoms with Crippen molar-refractivity contribution in [3.8, 4) is 0 Å². The largest absolute Gasteiger partial charge is 0.393 e. The first-order valence-electron chi connectivity index (χ1n) is 4.72. The van der Waals surface area contributed by atoms with Crippen molar-refractivity contribution >= 4 is 23.2 Å². The van der Waals surface area contributed by atoms with Gasteiger partial charge in [-0.15, -0.1) is 0 Å². The highest BCUT2D eigenvalue weighted by atomic mass is 35.5. The van der Waals surface area contributed by atoms with Crippen LogP contribution < -0.4 is 0 Å². The van der Waals surface area contributed by atoms with Crippen LogP contribution in [0.2, 0.25) is 10.0 Å². The van der Waals surface area contributed by atoms with Crippen molar-refractivity contribution in [2.75, 3.05) is 0 Å². The lowest BCUT2D eigenvalue weighted by Gasteiger charge is -2.04. The van der Waals surface area contributed by atoms with Crippen LogP contribution >= 0.6 is 23.2 Å². The van der Waals surface area contributed by atoms with E-state index < -0.39 is 0 Å². The molecule has 3 heteroatoms. The molecule has 1 aliphatic carbocycles. The van der Waals surface area contributed by atoms with Gasteiger partial charge in [-0.05, 0) is 42.9 Å². The van der Waals surface area contributed by atoms with E-state index in [-0.39, 0.29) is 6.10 Å². The molecule has 1 nitrogen and oxygen atoms in total. The Morgan fingerprint density at radius 2 is 2.07 bits per heavy atom. The van der Waals surface area contributed by atoms with Crippen LogP contribution in [0, 0.1) is 5.92 Å². The minimum atomic E-state index is -0.227. The van der Waals surface area contributed by atoms with E-state index in [0.717, 1.165) is 6.42 Å². The number of hydrogen-bond acceptors (Lipinski definition) is 1. The Labute approximate surface area is 93.7 Å². The summed E-state index contributed by atoms with van der Waals surface area (Å²) >= 11 is 11.7. The fraction of sp³-hybridized carbons (Fsp3) is 0.455. The lowest BCUT2D eigenvalue weighted by molar-refractivity contribution is 0.169. The number of halogens is 2. The standard InChI is InChI=1S/C11H12Cl2O/c1-6(14)8-5-9(8)7-2-3-10(12)11(13)4-7/h2-4,6,8-9,14H,5H2,1H3/t6-,8-,9-/m0/s1. The molecule has 2 rings (SSSR count). The Morgan fingerprint density at radius 1 is 1.36 bits per heavy atom. The van der Waals surface area contributed by atoms with Crippen LogP contribution in [0.3, 0.4) is 0 Å². The van der Waals surface area contributed by atoms with Gasteiger partial charge in [0, 0.05) is 0 Å². The SMILES string of the molecule is C[C@H](O)[C@@H]1C[C@H]1c1ccc(Cl)c(Cl)c1. The van der Waals surface area contributed by atoms with Gasteiger partial charge in [-0.2, -0.15) is 0 Å². The maximum atomic E-state index is 9.39. The maximum absolute atomic E-state index is 9.39. The summed E-state index contributed by atoms with van der Waals surface area (Å²) in [6, 6.07) is 5.70. The zero-order valence-corrected chi connectivity index (χ0v) is 9.39. The monoisotopic (exact) mass is 230 g/mol. The van der Waals surface area contributed by atoms with E-state index in [9.17, 15) is 5.11 Å². The molecule has 1 aromatic rings. The normalized spacial score (nSPS) is 27.4. The third-order valence-electron chi connectivity index (χ3n) is 2.83. The van der Waals surface area contributed by atoms with E-state index in [1.807, 2.05) is 25.1 Å². The molecule has 0 heterocycles. The fourth-order valence-corrected chi connectivity index (χ4v) is 2.18. The Balaban J connectivity index is 2.16. The number of aliphatic hydroxyl groups is 1. The highest BCUT2D eigenvalue weighted by Gasteiger charge is 2.41. The lowest BCUT2D eigenvalue weighted by atomic mass is 10.1. The number of aliphatic hydroxyl groups excluding tert-OH is 1. The second-order valence-corrected chi connectivity index (χ2v) is 4.73. The summed E-state index contributed by atoms with van der Waals surface area (Å²) in [5, 5.41) is 10.6. The van der Waals surface area contributed by atoms with Crippen LogP contribution in [-0.2, 0) is 0 Å². The van der Waals surface area contributed by atoms with E-state index in [1.54, 1.807) is 0 Å². The maximum Gasteiger partial charge on any atom is 0.0595 e. The first kappa shape index (κ1) is 10.3. The van der Waals surface area contributed by atoms with E-state index >= 15 is 0 Å². The average molecular weight is 231 g/mol. The third-order valence-corrected chi connectivity index (χ3v) is 3.57. The summed E-state index contributed by atoms with van der Waals surface area (Å²) in [5.41, 5.74) is 1.19. The average Bonchev–Trinajstić information content (AvgIpc) is 2.89. The molecule has 0 aromatic heterocycles. The van der Waals surface area contributed by atoms with Crippen molar-refractivity contribution < 1.29 is 5.11 Å². The second-order valence-electron chi connectivity index (χ2n) is 3.92. The van der Waals surface area contributed by atoms with Crippen molar-refractivity contribution in [1.29, 1.82) is 0 Å². The molecule has 0 unspecified atom stereocenters. The van der Waals surface area contributed by atoms with E-state index in [1.165, 1.54) is 5.56 Å². The molecular weight excluding hydrogens is 219 g/mol. The van der Waals surface area contributed by atoms with Gasteiger partial charge in [0.25, 0.3) is 0 Å². The Kier molecular flexibility index (Phi) is 2.74. The highest BCUT2D eigenvalue weighted by Crippen LogP contribution is 2.50. The van der Waals surface area contributed by atoms with Gasteiger partial charge in [0.1, 0.15) is 0 Å². The fourth-order valence-electron chi connectivity index (χ4n) is 1.87. The number of rotatable bonds is 2. The molecule has 14 heavy (non-hydrogen) atoms. The molecule has 0 bridgehead atoms. The van der Waals surface area contributed by atoms with E-state index in [2.05, 4.69) is 0 Å². The van der Waals surface area contributed by atoms with Gasteiger partial charge in [0.2, 0.25) is 0 Å². The Hall–Kier alpha value is -0.240. The smallest absolute Gasteiger partial charge is 0.0595 e. The highest BCUT2D eigenvalue weighted by molar-refractivity contribution is 6.42. The summed E-state index contributed by atoms with van der Waals surface area (Å²) in [7, 11) is 0. The minimum Gasteiger partial charge on any atom is -0.393 e. The second kappa shape index (κ2) is 3.73. The molecule has 0 radical (unpaired) electrons. The summed E-state index contributed by atoms with van der Waals surface area (Å²) < 4.78 is 0. The molecule has 0 aliphatic heterocycles. The number of hydrogen-bond donors (Lipinski definition) is 1. The summed E-state index contributed by atoms with van der Waals surface area (Å²) in [6.45, 7) is 1.84. The molecule has 1 saturated carbocycles. The first-order chi connectivity index (χ1) is 6.59. The first-order valence-corrected chi connectivity index (χ1v) is 5.48. The molecule has 1 aromatic carbocycles. The minimum absolute atomic E-state index is 0.227. The van der Waals surface area contributed by atoms with Gasteiger partial charge < -0.3 is 5.11 Å². The summed E-state index contributed by atoms with van der Waals surface area (Å²) in [5.74, 6) is 0.858. The van der Waals surface area contributed by atoms with Gasteiger partial charge in [0.05, 0.1) is 16.1 Å². The summed E-state index contributed by atoms with van der Waals surface area (Å²) in [4.78, 5) is 0. The molecule has 1 fully saturated rings. The topological polar surface area (TPSA) is 20.2 Å². The van der Waals surface area contributed by atoms with Crippen LogP contribution in [0.15, 0.2) is 18.2 Å². The van der Waals surface area contributed by atoms with Crippen LogP contribution in [0.1, 0.15) is 24.8 Å². The van der Waals surface area contributed by atoms with Crippen LogP contribution in [0.25, 0.3) is 0 Å². The molecule has 1 aliphatic rings. The van der Waals surface area contributed by atoms with Gasteiger partial charge in [-0.25, -0.2) is 0 Å². The van der Waals surface area contributed by atoms with Gasteiger partial charge in [0.15, 0.2) is 0 Å².